The van der Waals surface area contributed by atoms with Gasteiger partial charge in [-0.3, -0.25) is 0 Å². The van der Waals surface area contributed by atoms with E-state index >= 15 is 0 Å². The lowest BCUT2D eigenvalue weighted by Crippen LogP contribution is -2.35. The van der Waals surface area contributed by atoms with E-state index in [9.17, 15) is 8.42 Å². The van der Waals surface area contributed by atoms with Gasteiger partial charge < -0.3 is 10.5 Å². The molecule has 6 nitrogen and oxygen atoms in total. The molecule has 1 saturated heterocycles. The Labute approximate surface area is 93.9 Å². The number of pyridine rings is 1. The smallest absolute Gasteiger partial charge is 0.244 e. The molecular formula is C9H13N3O3S. The van der Waals surface area contributed by atoms with Crippen LogP contribution in [0.1, 0.15) is 6.42 Å². The maximum atomic E-state index is 11.9. The molecule has 1 aliphatic rings. The Morgan fingerprint density at radius 2 is 2.38 bits per heavy atom. The Kier molecular flexibility index (Phi) is 3.08. The van der Waals surface area contributed by atoms with E-state index in [0.717, 1.165) is 0 Å². The predicted octanol–water partition coefficient (Wildman–Crippen LogP) is -0.269. The molecule has 1 aromatic heterocycles. The number of aromatic nitrogens is 1. The van der Waals surface area contributed by atoms with Gasteiger partial charge in [0.15, 0.2) is 0 Å². The highest BCUT2D eigenvalue weighted by Gasteiger charge is 2.25. The number of ether oxygens (including phenoxy) is 1. The van der Waals surface area contributed by atoms with Crippen LogP contribution in [0.3, 0.4) is 0 Å². The Hall–Kier alpha value is -1.18. The third kappa shape index (κ3) is 2.31. The van der Waals surface area contributed by atoms with Crippen LogP contribution >= 0.6 is 0 Å². The summed E-state index contributed by atoms with van der Waals surface area (Å²) in [6.07, 6.45) is 2.13. The standard InChI is InChI=1S/C9H13N3O3S/c10-9-8(2-1-4-11-9)16(13,14)12-7-3-5-15-6-7/h1-2,4,7,12H,3,5-6H2,(H2,10,11). The molecule has 0 radical (unpaired) electrons. The summed E-state index contributed by atoms with van der Waals surface area (Å²) in [6, 6.07) is 2.79. The van der Waals surface area contributed by atoms with Crippen LogP contribution in [0.5, 0.6) is 0 Å². The van der Waals surface area contributed by atoms with E-state index in [0.29, 0.717) is 19.6 Å². The van der Waals surface area contributed by atoms with E-state index in [1.807, 2.05) is 0 Å². The summed E-state index contributed by atoms with van der Waals surface area (Å²) >= 11 is 0. The first kappa shape index (κ1) is 11.3. The van der Waals surface area contributed by atoms with Crippen molar-refractivity contribution in [1.29, 1.82) is 0 Å². The zero-order chi connectivity index (χ0) is 11.6. The van der Waals surface area contributed by atoms with Gasteiger partial charge in [-0.1, -0.05) is 0 Å². The van der Waals surface area contributed by atoms with Gasteiger partial charge in [-0.05, 0) is 18.6 Å². The summed E-state index contributed by atoms with van der Waals surface area (Å²) in [7, 11) is -3.59. The van der Waals surface area contributed by atoms with Crippen LogP contribution in [0.2, 0.25) is 0 Å². The number of hydrogen-bond acceptors (Lipinski definition) is 5. The molecule has 0 aliphatic carbocycles. The fourth-order valence-electron chi connectivity index (χ4n) is 1.54. The van der Waals surface area contributed by atoms with E-state index in [2.05, 4.69) is 9.71 Å². The van der Waals surface area contributed by atoms with Crippen LogP contribution in [0.25, 0.3) is 0 Å². The van der Waals surface area contributed by atoms with Crippen molar-refractivity contribution < 1.29 is 13.2 Å². The predicted molar refractivity (Wildman–Crippen MR) is 58.2 cm³/mol. The summed E-state index contributed by atoms with van der Waals surface area (Å²) in [4.78, 5) is 3.76. The molecule has 0 aromatic carbocycles. The molecule has 0 spiro atoms. The van der Waals surface area contributed by atoms with Crippen molar-refractivity contribution in [3.05, 3.63) is 18.3 Å². The van der Waals surface area contributed by atoms with Gasteiger partial charge >= 0.3 is 0 Å². The molecule has 3 N–H and O–H groups in total. The third-order valence-corrected chi connectivity index (χ3v) is 3.91. The van der Waals surface area contributed by atoms with Crippen molar-refractivity contribution in [2.75, 3.05) is 18.9 Å². The first-order chi connectivity index (χ1) is 7.59. The van der Waals surface area contributed by atoms with E-state index < -0.39 is 10.0 Å². The zero-order valence-electron chi connectivity index (χ0n) is 8.59. The highest BCUT2D eigenvalue weighted by molar-refractivity contribution is 7.89. The number of nitrogen functional groups attached to an aromatic ring is 1. The van der Waals surface area contributed by atoms with Crippen molar-refractivity contribution in [3.8, 4) is 0 Å². The van der Waals surface area contributed by atoms with Crippen LogP contribution in [-0.2, 0) is 14.8 Å². The maximum absolute atomic E-state index is 11.9. The minimum atomic E-state index is -3.59. The Morgan fingerprint density at radius 3 is 3.00 bits per heavy atom. The van der Waals surface area contributed by atoms with Crippen molar-refractivity contribution >= 4 is 15.8 Å². The van der Waals surface area contributed by atoms with Crippen LogP contribution in [0.15, 0.2) is 23.2 Å². The molecule has 0 saturated carbocycles. The summed E-state index contributed by atoms with van der Waals surface area (Å²) in [5, 5.41) is 0. The molecule has 16 heavy (non-hydrogen) atoms. The second-order valence-electron chi connectivity index (χ2n) is 3.57. The quantitative estimate of drug-likeness (QED) is 0.762. The largest absolute Gasteiger partial charge is 0.383 e. The lowest BCUT2D eigenvalue weighted by atomic mass is 10.3. The summed E-state index contributed by atoms with van der Waals surface area (Å²) in [6.45, 7) is 0.981. The second-order valence-corrected chi connectivity index (χ2v) is 5.25. The van der Waals surface area contributed by atoms with E-state index in [1.165, 1.54) is 18.3 Å². The molecule has 88 valence electrons. The number of nitrogens with zero attached hydrogens (tertiary/aromatic N) is 1. The Morgan fingerprint density at radius 1 is 1.56 bits per heavy atom. The molecule has 2 heterocycles. The molecule has 1 fully saturated rings. The summed E-state index contributed by atoms with van der Waals surface area (Å²) < 4.78 is 31.5. The van der Waals surface area contributed by atoms with Gasteiger partial charge in [0.05, 0.1) is 6.61 Å². The Balaban J connectivity index is 2.21. The van der Waals surface area contributed by atoms with Gasteiger partial charge in [-0.2, -0.15) is 0 Å². The molecule has 1 unspecified atom stereocenters. The van der Waals surface area contributed by atoms with E-state index in [-0.39, 0.29) is 16.8 Å². The molecule has 0 bridgehead atoms. The zero-order valence-corrected chi connectivity index (χ0v) is 9.40. The lowest BCUT2D eigenvalue weighted by molar-refractivity contribution is 0.192. The van der Waals surface area contributed by atoms with E-state index in [1.54, 1.807) is 0 Å². The number of nitrogens with two attached hydrogens (primary N) is 1. The van der Waals surface area contributed by atoms with Gasteiger partial charge in [0.2, 0.25) is 10.0 Å². The second kappa shape index (κ2) is 4.36. The summed E-state index contributed by atoms with van der Waals surface area (Å²) in [5.41, 5.74) is 5.52. The number of nitrogens with one attached hydrogen (secondary N) is 1. The van der Waals surface area contributed by atoms with E-state index in [4.69, 9.17) is 10.5 Å². The van der Waals surface area contributed by atoms with Crippen molar-refractivity contribution in [3.63, 3.8) is 0 Å². The van der Waals surface area contributed by atoms with Crippen LogP contribution in [0, 0.1) is 0 Å². The van der Waals surface area contributed by atoms with Gasteiger partial charge in [0.25, 0.3) is 0 Å². The number of rotatable bonds is 3. The maximum Gasteiger partial charge on any atom is 0.244 e. The molecule has 1 aromatic rings. The molecular weight excluding hydrogens is 230 g/mol. The van der Waals surface area contributed by atoms with Gasteiger partial charge in [0.1, 0.15) is 10.7 Å². The third-order valence-electron chi connectivity index (χ3n) is 2.34. The lowest BCUT2D eigenvalue weighted by Gasteiger charge is -2.12. The minimum Gasteiger partial charge on any atom is -0.383 e. The molecule has 2 rings (SSSR count). The first-order valence-electron chi connectivity index (χ1n) is 4.90. The highest BCUT2D eigenvalue weighted by atomic mass is 32.2. The van der Waals surface area contributed by atoms with Crippen LogP contribution < -0.4 is 10.5 Å². The monoisotopic (exact) mass is 243 g/mol. The number of anilines is 1. The van der Waals surface area contributed by atoms with Gasteiger partial charge in [-0.25, -0.2) is 18.1 Å². The van der Waals surface area contributed by atoms with Crippen LogP contribution in [0.4, 0.5) is 5.82 Å². The summed E-state index contributed by atoms with van der Waals surface area (Å²) in [5.74, 6) is 0.00825. The Bertz CT molecular complexity index is 469. The SMILES string of the molecule is Nc1ncccc1S(=O)(=O)NC1CCOC1. The molecule has 7 heteroatoms. The average Bonchev–Trinajstić information content (AvgIpc) is 2.70. The average molecular weight is 243 g/mol. The topological polar surface area (TPSA) is 94.3 Å². The van der Waals surface area contributed by atoms with Gasteiger partial charge in [-0.15, -0.1) is 0 Å². The number of hydrogen-bond donors (Lipinski definition) is 2. The van der Waals surface area contributed by atoms with Gasteiger partial charge in [0, 0.05) is 18.8 Å². The van der Waals surface area contributed by atoms with Crippen molar-refractivity contribution in [1.82, 2.24) is 9.71 Å². The fourth-order valence-corrected chi connectivity index (χ4v) is 2.88. The highest BCUT2D eigenvalue weighted by Crippen LogP contribution is 2.16. The number of sulfonamides is 1. The molecule has 0 amide bonds. The van der Waals surface area contributed by atoms with Crippen molar-refractivity contribution in [2.24, 2.45) is 0 Å². The fraction of sp³-hybridized carbons (Fsp3) is 0.444. The minimum absolute atomic E-state index is 0.00825. The molecule has 1 aliphatic heterocycles. The first-order valence-corrected chi connectivity index (χ1v) is 6.38. The normalized spacial score (nSPS) is 21.1. The molecule has 1 atom stereocenters. The van der Waals surface area contributed by atoms with Crippen molar-refractivity contribution in [2.45, 2.75) is 17.4 Å². The van der Waals surface area contributed by atoms with Crippen LogP contribution in [-0.4, -0.2) is 32.7 Å².